The molecule has 0 bridgehead atoms. The van der Waals surface area contributed by atoms with Crippen LogP contribution in [0.15, 0.2) is 29.2 Å². The number of rotatable bonds is 6. The van der Waals surface area contributed by atoms with Crippen LogP contribution >= 0.6 is 12.4 Å². The number of sulfonamides is 1. The molecule has 1 rings (SSSR count). The zero-order chi connectivity index (χ0) is 13.8. The highest BCUT2D eigenvalue weighted by Crippen LogP contribution is 2.15. The molecule has 2 N–H and O–H groups in total. The number of nitrogens with zero attached hydrogens (tertiary/aromatic N) is 1. The topological polar surface area (TPSA) is 101 Å². The predicted octanol–water partition coefficient (Wildman–Crippen LogP) is 0.903. The molecule has 1 aromatic rings. The van der Waals surface area contributed by atoms with Gasteiger partial charge in [0, 0.05) is 24.7 Å². The molecule has 0 fully saturated rings. The van der Waals surface area contributed by atoms with E-state index in [1.165, 1.54) is 12.1 Å². The Bertz CT molecular complexity index is 518. The lowest BCUT2D eigenvalue weighted by molar-refractivity contribution is -0.384. The molecule has 0 saturated carbocycles. The van der Waals surface area contributed by atoms with Crippen LogP contribution in [0.5, 0.6) is 0 Å². The molecule has 1 atom stereocenters. The number of nitro groups is 1. The van der Waals surface area contributed by atoms with E-state index < -0.39 is 14.9 Å². The Labute approximate surface area is 118 Å². The number of hydrogen-bond acceptors (Lipinski definition) is 5. The minimum absolute atomic E-state index is 0. The molecule has 108 valence electrons. The van der Waals surface area contributed by atoms with Gasteiger partial charge in [0.25, 0.3) is 5.69 Å². The summed E-state index contributed by atoms with van der Waals surface area (Å²) in [6, 6.07) is 4.75. The summed E-state index contributed by atoms with van der Waals surface area (Å²) in [6.07, 6.45) is 0. The molecule has 0 spiro atoms. The highest BCUT2D eigenvalue weighted by atomic mass is 35.5. The van der Waals surface area contributed by atoms with E-state index in [0.29, 0.717) is 0 Å². The lowest BCUT2D eigenvalue weighted by Gasteiger charge is -2.11. The standard InChI is InChI=1S/C10H15N3O4S.ClH/c1-8(11-2)7-12-18(16,17)10-5-3-9(4-6-10)13(14)15;/h3-6,8,11-12H,7H2,1-2H3;1H. The third-order valence-electron chi connectivity index (χ3n) is 2.43. The molecule has 0 aliphatic rings. The van der Waals surface area contributed by atoms with Crippen LogP contribution in [-0.4, -0.2) is 33.0 Å². The zero-order valence-corrected chi connectivity index (χ0v) is 12.1. The van der Waals surface area contributed by atoms with Crippen LogP contribution in [0.25, 0.3) is 0 Å². The summed E-state index contributed by atoms with van der Waals surface area (Å²) < 4.78 is 26.1. The Kier molecular flexibility index (Phi) is 6.91. The first-order valence-corrected chi connectivity index (χ1v) is 6.76. The van der Waals surface area contributed by atoms with Crippen molar-refractivity contribution < 1.29 is 13.3 Å². The van der Waals surface area contributed by atoms with Crippen LogP contribution < -0.4 is 10.0 Å². The van der Waals surface area contributed by atoms with Gasteiger partial charge in [-0.15, -0.1) is 12.4 Å². The molecule has 0 saturated heterocycles. The van der Waals surface area contributed by atoms with E-state index in [4.69, 9.17) is 0 Å². The average Bonchev–Trinajstić information content (AvgIpc) is 2.36. The zero-order valence-electron chi connectivity index (χ0n) is 10.5. The second-order valence-corrected chi connectivity index (χ2v) is 5.56. The lowest BCUT2D eigenvalue weighted by atomic mass is 10.3. The van der Waals surface area contributed by atoms with E-state index >= 15 is 0 Å². The molecule has 0 aliphatic heterocycles. The number of nitro benzene ring substituents is 1. The summed E-state index contributed by atoms with van der Waals surface area (Å²) in [5.41, 5.74) is -0.141. The first kappa shape index (κ1) is 17.8. The van der Waals surface area contributed by atoms with Crippen LogP contribution in [0.4, 0.5) is 5.69 Å². The van der Waals surface area contributed by atoms with Gasteiger partial charge in [0.1, 0.15) is 0 Å². The Balaban J connectivity index is 0.00000324. The molecule has 1 aromatic carbocycles. The van der Waals surface area contributed by atoms with Crippen molar-refractivity contribution in [3.63, 3.8) is 0 Å². The summed E-state index contributed by atoms with van der Waals surface area (Å²) in [5, 5.41) is 13.3. The molecule has 0 heterocycles. The van der Waals surface area contributed by atoms with E-state index in [-0.39, 0.29) is 35.6 Å². The number of benzene rings is 1. The molecule has 1 unspecified atom stereocenters. The minimum Gasteiger partial charge on any atom is -0.316 e. The number of likely N-dealkylation sites (N-methyl/N-ethyl adjacent to an activating group) is 1. The fraction of sp³-hybridized carbons (Fsp3) is 0.400. The SMILES string of the molecule is CNC(C)CNS(=O)(=O)c1ccc([N+](=O)[O-])cc1.Cl. The predicted molar refractivity (Wildman–Crippen MR) is 74.1 cm³/mol. The average molecular weight is 310 g/mol. The van der Waals surface area contributed by atoms with E-state index in [9.17, 15) is 18.5 Å². The molecular weight excluding hydrogens is 294 g/mol. The van der Waals surface area contributed by atoms with Gasteiger partial charge in [-0.2, -0.15) is 0 Å². The maximum atomic E-state index is 11.8. The van der Waals surface area contributed by atoms with Crippen molar-refractivity contribution in [3.05, 3.63) is 34.4 Å². The van der Waals surface area contributed by atoms with Crippen LogP contribution in [-0.2, 0) is 10.0 Å². The van der Waals surface area contributed by atoms with Gasteiger partial charge in [-0.05, 0) is 26.1 Å². The fourth-order valence-electron chi connectivity index (χ4n) is 1.17. The van der Waals surface area contributed by atoms with Crippen LogP contribution in [0, 0.1) is 10.1 Å². The first-order valence-electron chi connectivity index (χ1n) is 5.28. The first-order chi connectivity index (χ1) is 8.36. The van der Waals surface area contributed by atoms with E-state index in [1.54, 1.807) is 7.05 Å². The van der Waals surface area contributed by atoms with E-state index in [1.807, 2.05) is 6.92 Å². The quantitative estimate of drug-likeness (QED) is 0.600. The summed E-state index contributed by atoms with van der Waals surface area (Å²) >= 11 is 0. The molecule has 19 heavy (non-hydrogen) atoms. The van der Waals surface area contributed by atoms with Crippen molar-refractivity contribution in [3.8, 4) is 0 Å². The summed E-state index contributed by atoms with van der Waals surface area (Å²) in [7, 11) is -1.89. The van der Waals surface area contributed by atoms with Crippen molar-refractivity contribution in [1.29, 1.82) is 0 Å². The number of non-ortho nitro benzene ring substituents is 1. The van der Waals surface area contributed by atoms with Crippen LogP contribution in [0.3, 0.4) is 0 Å². The Morgan fingerprint density at radius 1 is 1.32 bits per heavy atom. The van der Waals surface area contributed by atoms with Gasteiger partial charge in [0.05, 0.1) is 9.82 Å². The monoisotopic (exact) mass is 309 g/mol. The lowest BCUT2D eigenvalue weighted by Crippen LogP contribution is -2.37. The Morgan fingerprint density at radius 2 is 1.84 bits per heavy atom. The Hall–Kier alpha value is -1.22. The molecule has 0 aliphatic carbocycles. The van der Waals surface area contributed by atoms with Crippen LogP contribution in [0.2, 0.25) is 0 Å². The third kappa shape index (κ3) is 5.11. The maximum absolute atomic E-state index is 11.8. The van der Waals surface area contributed by atoms with Crippen molar-refractivity contribution in [2.75, 3.05) is 13.6 Å². The van der Waals surface area contributed by atoms with Crippen molar-refractivity contribution in [2.45, 2.75) is 17.9 Å². The highest BCUT2D eigenvalue weighted by Gasteiger charge is 2.16. The maximum Gasteiger partial charge on any atom is 0.269 e. The van der Waals surface area contributed by atoms with Gasteiger partial charge in [-0.3, -0.25) is 10.1 Å². The molecule has 0 radical (unpaired) electrons. The van der Waals surface area contributed by atoms with Gasteiger partial charge in [0.2, 0.25) is 10.0 Å². The normalized spacial score (nSPS) is 12.5. The van der Waals surface area contributed by atoms with E-state index in [0.717, 1.165) is 12.1 Å². The van der Waals surface area contributed by atoms with Gasteiger partial charge >= 0.3 is 0 Å². The minimum atomic E-state index is -3.62. The van der Waals surface area contributed by atoms with Gasteiger partial charge in [-0.25, -0.2) is 13.1 Å². The molecule has 0 aromatic heterocycles. The largest absolute Gasteiger partial charge is 0.316 e. The van der Waals surface area contributed by atoms with Crippen molar-refractivity contribution >= 4 is 28.1 Å². The van der Waals surface area contributed by atoms with Gasteiger partial charge in [0.15, 0.2) is 0 Å². The van der Waals surface area contributed by atoms with Gasteiger partial charge < -0.3 is 5.32 Å². The molecule has 9 heteroatoms. The van der Waals surface area contributed by atoms with Crippen LogP contribution in [0.1, 0.15) is 6.92 Å². The molecular formula is C10H16ClN3O4S. The molecule has 7 nitrogen and oxygen atoms in total. The number of hydrogen-bond donors (Lipinski definition) is 2. The fourth-order valence-corrected chi connectivity index (χ4v) is 2.30. The number of nitrogens with one attached hydrogen (secondary N) is 2. The van der Waals surface area contributed by atoms with Crippen molar-refractivity contribution in [2.24, 2.45) is 0 Å². The molecule has 0 amide bonds. The highest BCUT2D eigenvalue weighted by molar-refractivity contribution is 7.89. The Morgan fingerprint density at radius 3 is 2.26 bits per heavy atom. The third-order valence-corrected chi connectivity index (χ3v) is 3.87. The summed E-state index contributed by atoms with van der Waals surface area (Å²) in [6.45, 7) is 2.08. The summed E-state index contributed by atoms with van der Waals surface area (Å²) in [5.74, 6) is 0. The number of halogens is 1. The van der Waals surface area contributed by atoms with Crippen molar-refractivity contribution in [1.82, 2.24) is 10.0 Å². The van der Waals surface area contributed by atoms with E-state index in [2.05, 4.69) is 10.0 Å². The smallest absolute Gasteiger partial charge is 0.269 e. The second kappa shape index (κ2) is 7.39. The second-order valence-electron chi connectivity index (χ2n) is 3.79. The summed E-state index contributed by atoms with van der Waals surface area (Å²) in [4.78, 5) is 9.88. The van der Waals surface area contributed by atoms with Gasteiger partial charge in [-0.1, -0.05) is 0 Å².